The topological polar surface area (TPSA) is 53.5 Å². The second-order valence-electron chi connectivity index (χ2n) is 5.24. The van der Waals surface area contributed by atoms with Crippen molar-refractivity contribution in [2.75, 3.05) is 43.1 Å². The van der Waals surface area contributed by atoms with E-state index in [1.807, 2.05) is 6.92 Å². The second kappa shape index (κ2) is 5.76. The molecule has 0 spiro atoms. The van der Waals surface area contributed by atoms with Crippen molar-refractivity contribution >= 4 is 26.3 Å². The van der Waals surface area contributed by atoms with Crippen LogP contribution in [0.4, 0.5) is 5.13 Å². The molecule has 1 saturated heterocycles. The van der Waals surface area contributed by atoms with E-state index in [-0.39, 0.29) is 5.75 Å². The molecule has 0 N–H and O–H groups in total. The molecule has 1 aliphatic rings. The van der Waals surface area contributed by atoms with Gasteiger partial charge in [0.25, 0.3) is 0 Å². The fourth-order valence-electron chi connectivity index (χ4n) is 2.29. The van der Waals surface area contributed by atoms with Crippen LogP contribution in [0, 0.1) is 6.92 Å². The Hall–Kier alpha value is -0.660. The maximum absolute atomic E-state index is 11.2. The normalized spacial score (nSPS) is 21.8. The Kier molecular flexibility index (Phi) is 4.47. The number of sulfone groups is 1. The van der Waals surface area contributed by atoms with E-state index < -0.39 is 9.84 Å². The molecule has 0 unspecified atom stereocenters. The summed E-state index contributed by atoms with van der Waals surface area (Å²) in [6.07, 6.45) is 1.30. The lowest BCUT2D eigenvalue weighted by molar-refractivity contribution is 0.240. The molecule has 2 heterocycles. The van der Waals surface area contributed by atoms with Gasteiger partial charge in [0.15, 0.2) is 5.13 Å². The standard InChI is InChI=1S/C12H21N3O2S2/c1-10-9-18-12(13-10)15-5-4-14(8-11(15)2)6-7-19(3,16)17/h9,11H,4-8H2,1-3H3/t11-/m1/s1. The van der Waals surface area contributed by atoms with Gasteiger partial charge in [-0.3, -0.25) is 4.90 Å². The second-order valence-corrected chi connectivity index (χ2v) is 8.34. The van der Waals surface area contributed by atoms with E-state index in [1.54, 1.807) is 11.3 Å². The van der Waals surface area contributed by atoms with Crippen molar-refractivity contribution in [3.63, 3.8) is 0 Å². The largest absolute Gasteiger partial charge is 0.343 e. The van der Waals surface area contributed by atoms with Gasteiger partial charge < -0.3 is 4.90 Å². The Labute approximate surface area is 119 Å². The van der Waals surface area contributed by atoms with Gasteiger partial charge in [0.1, 0.15) is 9.84 Å². The van der Waals surface area contributed by atoms with Gasteiger partial charge >= 0.3 is 0 Å². The minimum Gasteiger partial charge on any atom is -0.343 e. The van der Waals surface area contributed by atoms with Gasteiger partial charge in [0, 0.05) is 43.9 Å². The third kappa shape index (κ3) is 4.15. The average Bonchev–Trinajstić information content (AvgIpc) is 2.72. The molecule has 19 heavy (non-hydrogen) atoms. The predicted molar refractivity (Wildman–Crippen MR) is 79.8 cm³/mol. The molecule has 0 radical (unpaired) electrons. The van der Waals surface area contributed by atoms with E-state index in [4.69, 9.17) is 0 Å². The van der Waals surface area contributed by atoms with Crippen molar-refractivity contribution in [1.29, 1.82) is 0 Å². The smallest absolute Gasteiger partial charge is 0.185 e. The van der Waals surface area contributed by atoms with Crippen LogP contribution in [0.5, 0.6) is 0 Å². The van der Waals surface area contributed by atoms with Gasteiger partial charge in [-0.15, -0.1) is 11.3 Å². The minimum atomic E-state index is -2.87. The molecule has 2 rings (SSSR count). The molecular formula is C12H21N3O2S2. The van der Waals surface area contributed by atoms with Crippen molar-refractivity contribution < 1.29 is 8.42 Å². The maximum atomic E-state index is 11.2. The highest BCUT2D eigenvalue weighted by molar-refractivity contribution is 7.90. The van der Waals surface area contributed by atoms with Gasteiger partial charge in [0.05, 0.1) is 11.4 Å². The molecular weight excluding hydrogens is 282 g/mol. The zero-order chi connectivity index (χ0) is 14.0. The molecule has 1 fully saturated rings. The fourth-order valence-corrected chi connectivity index (χ4v) is 3.81. The molecule has 5 nitrogen and oxygen atoms in total. The lowest BCUT2D eigenvalue weighted by Crippen LogP contribution is -2.52. The van der Waals surface area contributed by atoms with Crippen molar-refractivity contribution in [1.82, 2.24) is 9.88 Å². The molecule has 0 amide bonds. The number of thiazole rings is 1. The van der Waals surface area contributed by atoms with E-state index in [0.717, 1.165) is 30.5 Å². The third-order valence-corrected chi connectivity index (χ3v) is 5.26. The van der Waals surface area contributed by atoms with Gasteiger partial charge in [-0.1, -0.05) is 0 Å². The number of aryl methyl sites for hydroxylation is 1. The first-order chi connectivity index (χ1) is 8.85. The van der Waals surface area contributed by atoms with Crippen LogP contribution in [-0.2, 0) is 9.84 Å². The summed E-state index contributed by atoms with van der Waals surface area (Å²) >= 11 is 1.68. The summed E-state index contributed by atoms with van der Waals surface area (Å²) in [6, 6.07) is 0.374. The highest BCUT2D eigenvalue weighted by Crippen LogP contribution is 2.24. The number of rotatable bonds is 4. The summed E-state index contributed by atoms with van der Waals surface area (Å²) in [7, 11) is -2.87. The van der Waals surface area contributed by atoms with Crippen LogP contribution in [0.15, 0.2) is 5.38 Å². The molecule has 0 bridgehead atoms. The van der Waals surface area contributed by atoms with Crippen LogP contribution < -0.4 is 4.90 Å². The maximum Gasteiger partial charge on any atom is 0.185 e. The number of piperazine rings is 1. The molecule has 1 aromatic heterocycles. The quantitative estimate of drug-likeness (QED) is 0.831. The monoisotopic (exact) mass is 303 g/mol. The summed E-state index contributed by atoms with van der Waals surface area (Å²) in [5, 5.41) is 3.14. The van der Waals surface area contributed by atoms with Crippen LogP contribution in [0.2, 0.25) is 0 Å². The Morgan fingerprint density at radius 3 is 2.74 bits per heavy atom. The van der Waals surface area contributed by atoms with Crippen LogP contribution in [0.25, 0.3) is 0 Å². The third-order valence-electron chi connectivity index (χ3n) is 3.34. The Morgan fingerprint density at radius 2 is 2.21 bits per heavy atom. The zero-order valence-corrected chi connectivity index (χ0v) is 13.3. The highest BCUT2D eigenvalue weighted by Gasteiger charge is 2.25. The zero-order valence-electron chi connectivity index (χ0n) is 11.7. The van der Waals surface area contributed by atoms with Gasteiger partial charge in [0.2, 0.25) is 0 Å². The Balaban J connectivity index is 1.91. The SMILES string of the molecule is Cc1csc(N2CCN(CCS(C)(=O)=O)C[C@H]2C)n1. The van der Waals surface area contributed by atoms with Gasteiger partial charge in [-0.05, 0) is 13.8 Å². The first-order valence-corrected chi connectivity index (χ1v) is 9.38. The van der Waals surface area contributed by atoms with E-state index >= 15 is 0 Å². The van der Waals surface area contributed by atoms with E-state index in [1.165, 1.54) is 6.26 Å². The van der Waals surface area contributed by atoms with Crippen molar-refractivity contribution in [3.8, 4) is 0 Å². The number of anilines is 1. The summed E-state index contributed by atoms with van der Waals surface area (Å²) in [6.45, 7) is 7.52. The Morgan fingerprint density at radius 1 is 1.47 bits per heavy atom. The van der Waals surface area contributed by atoms with E-state index in [9.17, 15) is 8.42 Å². The van der Waals surface area contributed by atoms with Crippen LogP contribution >= 0.6 is 11.3 Å². The van der Waals surface area contributed by atoms with Gasteiger partial charge in [-0.25, -0.2) is 13.4 Å². The number of hydrogen-bond acceptors (Lipinski definition) is 6. The predicted octanol–water partition coefficient (Wildman–Crippen LogP) is 1.01. The summed E-state index contributed by atoms with van der Waals surface area (Å²) in [5.74, 6) is 0.246. The lowest BCUT2D eigenvalue weighted by Gasteiger charge is -2.39. The summed E-state index contributed by atoms with van der Waals surface area (Å²) in [4.78, 5) is 9.06. The molecule has 1 aromatic rings. The molecule has 0 aliphatic carbocycles. The Bertz CT molecular complexity index is 527. The first-order valence-electron chi connectivity index (χ1n) is 6.44. The molecule has 7 heteroatoms. The molecule has 0 aromatic carbocycles. The lowest BCUT2D eigenvalue weighted by atomic mass is 10.2. The minimum absolute atomic E-state index is 0.246. The summed E-state index contributed by atoms with van der Waals surface area (Å²) < 4.78 is 22.4. The number of nitrogens with zero attached hydrogens (tertiary/aromatic N) is 3. The van der Waals surface area contributed by atoms with Crippen molar-refractivity contribution in [2.45, 2.75) is 19.9 Å². The first kappa shape index (κ1) is 14.7. The van der Waals surface area contributed by atoms with Crippen LogP contribution in [0.3, 0.4) is 0 Å². The van der Waals surface area contributed by atoms with Crippen molar-refractivity contribution in [2.24, 2.45) is 0 Å². The number of hydrogen-bond donors (Lipinski definition) is 0. The van der Waals surface area contributed by atoms with Crippen molar-refractivity contribution in [3.05, 3.63) is 11.1 Å². The fraction of sp³-hybridized carbons (Fsp3) is 0.750. The van der Waals surface area contributed by atoms with E-state index in [2.05, 4.69) is 27.1 Å². The van der Waals surface area contributed by atoms with Crippen LogP contribution in [-0.4, -0.2) is 62.5 Å². The highest BCUT2D eigenvalue weighted by atomic mass is 32.2. The van der Waals surface area contributed by atoms with Gasteiger partial charge in [-0.2, -0.15) is 0 Å². The molecule has 1 aliphatic heterocycles. The molecule has 1 atom stereocenters. The molecule has 0 saturated carbocycles. The molecule has 108 valence electrons. The van der Waals surface area contributed by atoms with Crippen LogP contribution in [0.1, 0.15) is 12.6 Å². The van der Waals surface area contributed by atoms with E-state index in [0.29, 0.717) is 12.6 Å². The summed E-state index contributed by atoms with van der Waals surface area (Å²) in [5.41, 5.74) is 1.06. The number of aromatic nitrogens is 1. The average molecular weight is 303 g/mol.